The first-order chi connectivity index (χ1) is 11.5. The second kappa shape index (κ2) is 5.97. The van der Waals surface area contributed by atoms with Gasteiger partial charge in [-0.25, -0.2) is 15.0 Å². The maximum atomic E-state index is 5.89. The Labute approximate surface area is 142 Å². The van der Waals surface area contributed by atoms with E-state index in [1.165, 1.54) is 19.2 Å². The fourth-order valence-corrected chi connectivity index (χ4v) is 4.09. The molecule has 0 amide bonds. The van der Waals surface area contributed by atoms with Crippen molar-refractivity contribution in [1.29, 1.82) is 0 Å². The topological polar surface area (TPSA) is 82.1 Å². The van der Waals surface area contributed by atoms with E-state index < -0.39 is 0 Å². The average molecular weight is 330 g/mol. The quantitative estimate of drug-likeness (QED) is 0.921. The van der Waals surface area contributed by atoms with Gasteiger partial charge in [-0.15, -0.1) is 0 Å². The van der Waals surface area contributed by atoms with Crippen molar-refractivity contribution in [2.45, 2.75) is 44.8 Å². The number of aromatic nitrogens is 4. The molecule has 0 spiro atoms. The van der Waals surface area contributed by atoms with Gasteiger partial charge in [0.05, 0.1) is 24.6 Å². The van der Waals surface area contributed by atoms with Crippen molar-refractivity contribution in [3.05, 3.63) is 12.7 Å². The van der Waals surface area contributed by atoms with Crippen LogP contribution in [0.15, 0.2) is 12.7 Å². The molecule has 2 aliphatic heterocycles. The molecule has 4 heterocycles. The van der Waals surface area contributed by atoms with Gasteiger partial charge in [-0.3, -0.25) is 0 Å². The van der Waals surface area contributed by atoms with Gasteiger partial charge < -0.3 is 19.9 Å². The van der Waals surface area contributed by atoms with E-state index in [1.54, 1.807) is 0 Å². The Morgan fingerprint density at radius 2 is 2.21 bits per heavy atom. The van der Waals surface area contributed by atoms with Crippen LogP contribution in [-0.4, -0.2) is 56.3 Å². The van der Waals surface area contributed by atoms with E-state index in [9.17, 15) is 0 Å². The highest BCUT2D eigenvalue weighted by Crippen LogP contribution is 2.32. The van der Waals surface area contributed by atoms with Crippen molar-refractivity contribution in [2.24, 2.45) is 5.92 Å². The molecular formula is C17H26N6O. The summed E-state index contributed by atoms with van der Waals surface area (Å²) in [6.45, 7) is 8.61. The van der Waals surface area contributed by atoms with Crippen LogP contribution in [0, 0.1) is 5.92 Å². The molecule has 0 radical (unpaired) electrons. The van der Waals surface area contributed by atoms with Gasteiger partial charge in [0.2, 0.25) is 0 Å². The van der Waals surface area contributed by atoms with Gasteiger partial charge in [-0.2, -0.15) is 0 Å². The molecule has 0 saturated carbocycles. The number of hydrogen-bond acceptors (Lipinski definition) is 6. The summed E-state index contributed by atoms with van der Waals surface area (Å²) >= 11 is 0. The van der Waals surface area contributed by atoms with Gasteiger partial charge in [-0.05, 0) is 45.6 Å². The maximum Gasteiger partial charge on any atom is 0.165 e. The van der Waals surface area contributed by atoms with Crippen molar-refractivity contribution in [2.75, 3.05) is 32.0 Å². The molecule has 0 aliphatic carbocycles. The Hall–Kier alpha value is -1.73. The second-order valence-corrected chi connectivity index (χ2v) is 7.76. The Morgan fingerprint density at radius 1 is 1.33 bits per heavy atom. The van der Waals surface area contributed by atoms with Crippen molar-refractivity contribution in [1.82, 2.24) is 24.4 Å². The van der Waals surface area contributed by atoms with Gasteiger partial charge >= 0.3 is 0 Å². The zero-order valence-electron chi connectivity index (χ0n) is 14.5. The molecule has 2 saturated heterocycles. The number of nitrogens with two attached hydrogens (primary N) is 1. The smallest absolute Gasteiger partial charge is 0.165 e. The van der Waals surface area contributed by atoms with Crippen molar-refractivity contribution in [3.63, 3.8) is 0 Å². The maximum absolute atomic E-state index is 5.89. The third-order valence-corrected chi connectivity index (χ3v) is 5.37. The third-order valence-electron chi connectivity index (χ3n) is 5.37. The molecule has 2 atom stereocenters. The molecular weight excluding hydrogens is 304 g/mol. The van der Waals surface area contributed by atoms with Gasteiger partial charge in [0, 0.05) is 13.1 Å². The summed E-state index contributed by atoms with van der Waals surface area (Å²) in [6, 6.07) is 0.417. The fraction of sp³-hybridized carbons (Fsp3) is 0.706. The zero-order valence-corrected chi connectivity index (χ0v) is 14.5. The summed E-state index contributed by atoms with van der Waals surface area (Å²) in [5.74, 6) is 1.15. The van der Waals surface area contributed by atoms with E-state index in [0.717, 1.165) is 38.3 Å². The Kier molecular flexibility index (Phi) is 3.92. The minimum atomic E-state index is 0.0631. The van der Waals surface area contributed by atoms with Crippen LogP contribution in [0.4, 0.5) is 5.82 Å². The van der Waals surface area contributed by atoms with Crippen molar-refractivity contribution < 1.29 is 4.74 Å². The summed E-state index contributed by atoms with van der Waals surface area (Å²) in [5.41, 5.74) is 7.51. The molecule has 2 aromatic heterocycles. The number of hydrogen-bond donors (Lipinski definition) is 1. The van der Waals surface area contributed by atoms with E-state index >= 15 is 0 Å². The molecule has 7 nitrogen and oxygen atoms in total. The summed E-state index contributed by atoms with van der Waals surface area (Å²) in [4.78, 5) is 15.3. The van der Waals surface area contributed by atoms with Gasteiger partial charge in [-0.1, -0.05) is 0 Å². The Balaban J connectivity index is 1.37. The second-order valence-electron chi connectivity index (χ2n) is 7.76. The highest BCUT2D eigenvalue weighted by Gasteiger charge is 2.32. The average Bonchev–Trinajstić information content (AvgIpc) is 3.23. The summed E-state index contributed by atoms with van der Waals surface area (Å²) in [7, 11) is 0. The first-order valence-electron chi connectivity index (χ1n) is 8.81. The monoisotopic (exact) mass is 330 g/mol. The van der Waals surface area contributed by atoms with Gasteiger partial charge in [0.1, 0.15) is 11.8 Å². The molecule has 7 heteroatoms. The molecule has 2 aromatic rings. The summed E-state index contributed by atoms with van der Waals surface area (Å²) in [6.07, 6.45) is 6.90. The third kappa shape index (κ3) is 2.98. The number of anilines is 1. The van der Waals surface area contributed by atoms with Gasteiger partial charge in [0.25, 0.3) is 0 Å². The van der Waals surface area contributed by atoms with Crippen LogP contribution >= 0.6 is 0 Å². The van der Waals surface area contributed by atoms with Crippen LogP contribution in [0.5, 0.6) is 0 Å². The standard InChI is InChI=1S/C17H26N6O/c1-17(2)7-12(9-24-17)3-5-22-6-4-13(8-22)23-11-21-14-15(18)19-10-20-16(14)23/h10-13H,3-9H2,1-2H3,(H2,18,19,20). The van der Waals surface area contributed by atoms with Crippen LogP contribution in [0.1, 0.15) is 39.2 Å². The largest absolute Gasteiger partial charge is 0.382 e. The molecule has 2 N–H and O–H groups in total. The lowest BCUT2D eigenvalue weighted by Gasteiger charge is -2.19. The summed E-state index contributed by atoms with van der Waals surface area (Å²) in [5, 5.41) is 0. The first-order valence-corrected chi connectivity index (χ1v) is 8.81. The normalized spacial score (nSPS) is 27.2. The van der Waals surface area contributed by atoms with Crippen LogP contribution in [0.25, 0.3) is 11.2 Å². The Bertz CT molecular complexity index is 727. The van der Waals surface area contributed by atoms with Crippen molar-refractivity contribution >= 4 is 17.0 Å². The predicted molar refractivity (Wildman–Crippen MR) is 92.6 cm³/mol. The van der Waals surface area contributed by atoms with Crippen LogP contribution in [-0.2, 0) is 4.74 Å². The highest BCUT2D eigenvalue weighted by atomic mass is 16.5. The van der Waals surface area contributed by atoms with Gasteiger partial charge in [0.15, 0.2) is 11.5 Å². The summed E-state index contributed by atoms with van der Waals surface area (Å²) < 4.78 is 8.01. The predicted octanol–water partition coefficient (Wildman–Crippen LogP) is 1.86. The SMILES string of the molecule is CC1(C)CC(CCN2CCC(n3cnc4c(N)ncnc43)C2)CO1. The fourth-order valence-electron chi connectivity index (χ4n) is 4.09. The number of nitrogens with zero attached hydrogens (tertiary/aromatic N) is 5. The van der Waals surface area contributed by atoms with Crippen LogP contribution in [0.2, 0.25) is 0 Å². The number of ether oxygens (including phenoxy) is 1. The van der Waals surface area contributed by atoms with E-state index in [4.69, 9.17) is 10.5 Å². The molecule has 4 rings (SSSR count). The number of imidazole rings is 1. The molecule has 130 valence electrons. The molecule has 0 aromatic carbocycles. The zero-order chi connectivity index (χ0) is 16.7. The van der Waals surface area contributed by atoms with E-state index in [2.05, 4.69) is 38.3 Å². The van der Waals surface area contributed by atoms with E-state index in [1.807, 2.05) is 6.33 Å². The van der Waals surface area contributed by atoms with E-state index in [0.29, 0.717) is 23.3 Å². The highest BCUT2D eigenvalue weighted by molar-refractivity contribution is 5.81. The van der Waals surface area contributed by atoms with Crippen LogP contribution < -0.4 is 5.73 Å². The minimum absolute atomic E-state index is 0.0631. The van der Waals surface area contributed by atoms with Crippen molar-refractivity contribution in [3.8, 4) is 0 Å². The molecule has 2 unspecified atom stereocenters. The number of nitrogen functional groups attached to an aromatic ring is 1. The molecule has 0 bridgehead atoms. The lowest BCUT2D eigenvalue weighted by Crippen LogP contribution is -2.25. The molecule has 24 heavy (non-hydrogen) atoms. The van der Waals surface area contributed by atoms with E-state index in [-0.39, 0.29) is 5.60 Å². The Morgan fingerprint density at radius 3 is 3.00 bits per heavy atom. The lowest BCUT2D eigenvalue weighted by molar-refractivity contribution is 0.0347. The minimum Gasteiger partial charge on any atom is -0.382 e. The number of rotatable bonds is 4. The van der Waals surface area contributed by atoms with Crippen LogP contribution in [0.3, 0.4) is 0 Å². The number of likely N-dealkylation sites (tertiary alicyclic amines) is 1. The molecule has 2 fully saturated rings. The lowest BCUT2D eigenvalue weighted by atomic mass is 9.95. The first kappa shape index (κ1) is 15.8. The molecule has 2 aliphatic rings. The number of fused-ring (bicyclic) bond motifs is 1.